The molecular formula is C23H29ClN2O3. The maximum atomic E-state index is 12.4. The van der Waals surface area contributed by atoms with Crippen molar-refractivity contribution in [2.45, 2.75) is 32.7 Å². The van der Waals surface area contributed by atoms with Crippen molar-refractivity contribution < 1.29 is 14.3 Å². The van der Waals surface area contributed by atoms with Gasteiger partial charge in [-0.05, 0) is 80.7 Å². The molecule has 29 heavy (non-hydrogen) atoms. The van der Waals surface area contributed by atoms with Crippen LogP contribution in [0.2, 0.25) is 5.02 Å². The van der Waals surface area contributed by atoms with Gasteiger partial charge in [0.05, 0.1) is 13.2 Å². The lowest BCUT2D eigenvalue weighted by atomic mass is 10.1. The Kier molecular flexibility index (Phi) is 7.40. The summed E-state index contributed by atoms with van der Waals surface area (Å²) in [4.78, 5) is 14.8. The molecule has 0 bridgehead atoms. The molecule has 5 nitrogen and oxygen atoms in total. The van der Waals surface area contributed by atoms with E-state index >= 15 is 0 Å². The fraction of sp³-hybridized carbons (Fsp3) is 0.435. The van der Waals surface area contributed by atoms with Crippen LogP contribution in [0.4, 0.5) is 0 Å². The van der Waals surface area contributed by atoms with Crippen LogP contribution in [0.3, 0.4) is 0 Å². The number of hydrogen-bond acceptors (Lipinski definition) is 4. The number of aryl methyl sites for hydroxylation is 2. The van der Waals surface area contributed by atoms with Gasteiger partial charge < -0.3 is 14.8 Å². The number of rotatable bonds is 8. The summed E-state index contributed by atoms with van der Waals surface area (Å²) >= 11 is 6.19. The summed E-state index contributed by atoms with van der Waals surface area (Å²) in [6.07, 6.45) is 2.39. The maximum Gasteiger partial charge on any atom is 0.258 e. The zero-order valence-electron chi connectivity index (χ0n) is 17.3. The SMILES string of the molecule is COc1ccc([C@H](CNC(=O)COc2cc(C)c(Cl)c(C)c2)N2CCCC2)cc1. The molecule has 6 heteroatoms. The topological polar surface area (TPSA) is 50.8 Å². The van der Waals surface area contributed by atoms with Crippen molar-refractivity contribution in [1.82, 2.24) is 10.2 Å². The predicted molar refractivity (Wildman–Crippen MR) is 116 cm³/mol. The first kappa shape index (κ1) is 21.5. The van der Waals surface area contributed by atoms with Crippen LogP contribution in [0.5, 0.6) is 11.5 Å². The number of ether oxygens (including phenoxy) is 2. The second-order valence-corrected chi connectivity index (χ2v) is 7.87. The largest absolute Gasteiger partial charge is 0.497 e. The molecule has 1 aliphatic heterocycles. The molecular weight excluding hydrogens is 388 g/mol. The first-order valence-corrected chi connectivity index (χ1v) is 10.4. The lowest BCUT2D eigenvalue weighted by Crippen LogP contribution is -2.38. The molecule has 1 aliphatic rings. The predicted octanol–water partition coefficient (Wildman–Crippen LogP) is 4.30. The number of halogens is 1. The first-order chi connectivity index (χ1) is 14.0. The molecule has 3 rings (SSSR count). The third-order valence-electron chi connectivity index (χ3n) is 5.35. The van der Waals surface area contributed by atoms with E-state index in [0.717, 1.165) is 35.0 Å². The maximum absolute atomic E-state index is 12.4. The van der Waals surface area contributed by atoms with Gasteiger partial charge in [-0.2, -0.15) is 0 Å². The number of amides is 1. The molecule has 1 fully saturated rings. The Morgan fingerprint density at radius 3 is 2.31 bits per heavy atom. The van der Waals surface area contributed by atoms with E-state index in [4.69, 9.17) is 21.1 Å². The van der Waals surface area contributed by atoms with E-state index in [1.165, 1.54) is 18.4 Å². The molecule has 1 atom stereocenters. The first-order valence-electron chi connectivity index (χ1n) is 10.0. The van der Waals surface area contributed by atoms with Gasteiger partial charge in [0.15, 0.2) is 6.61 Å². The van der Waals surface area contributed by atoms with Crippen LogP contribution in [0, 0.1) is 13.8 Å². The average Bonchev–Trinajstić information content (AvgIpc) is 3.25. The molecule has 2 aromatic carbocycles. The summed E-state index contributed by atoms with van der Waals surface area (Å²) < 4.78 is 10.9. The number of carbonyl (C=O) groups is 1. The van der Waals surface area contributed by atoms with Crippen molar-refractivity contribution in [1.29, 1.82) is 0 Å². The molecule has 0 aromatic heterocycles. The molecule has 1 amide bonds. The Morgan fingerprint density at radius 2 is 1.72 bits per heavy atom. The molecule has 0 spiro atoms. The van der Waals surface area contributed by atoms with E-state index in [9.17, 15) is 4.79 Å². The molecule has 156 valence electrons. The number of benzene rings is 2. The van der Waals surface area contributed by atoms with Gasteiger partial charge in [0, 0.05) is 11.6 Å². The Morgan fingerprint density at radius 1 is 1.10 bits per heavy atom. The minimum atomic E-state index is -0.132. The monoisotopic (exact) mass is 416 g/mol. The minimum absolute atomic E-state index is 0.0180. The van der Waals surface area contributed by atoms with Gasteiger partial charge >= 0.3 is 0 Å². The molecule has 1 N–H and O–H groups in total. The van der Waals surface area contributed by atoms with E-state index in [1.807, 2.05) is 38.1 Å². The van der Waals surface area contributed by atoms with Gasteiger partial charge in [-0.1, -0.05) is 23.7 Å². The van der Waals surface area contributed by atoms with Crippen LogP contribution < -0.4 is 14.8 Å². The molecule has 0 saturated carbocycles. The molecule has 0 aliphatic carbocycles. The highest BCUT2D eigenvalue weighted by Gasteiger charge is 2.24. The van der Waals surface area contributed by atoms with E-state index in [2.05, 4.69) is 22.3 Å². The van der Waals surface area contributed by atoms with Crippen molar-refractivity contribution in [2.75, 3.05) is 33.4 Å². The number of nitrogens with zero attached hydrogens (tertiary/aromatic N) is 1. The van der Waals surface area contributed by atoms with Crippen molar-refractivity contribution in [3.8, 4) is 11.5 Å². The second-order valence-electron chi connectivity index (χ2n) is 7.50. The average molecular weight is 417 g/mol. The van der Waals surface area contributed by atoms with Crippen molar-refractivity contribution in [3.63, 3.8) is 0 Å². The van der Waals surface area contributed by atoms with Crippen LogP contribution in [0.1, 0.15) is 35.6 Å². The van der Waals surface area contributed by atoms with Gasteiger partial charge in [0.25, 0.3) is 5.91 Å². The Bertz CT molecular complexity index is 810. The van der Waals surface area contributed by atoms with Gasteiger partial charge in [-0.25, -0.2) is 0 Å². The highest BCUT2D eigenvalue weighted by molar-refractivity contribution is 6.32. The van der Waals surface area contributed by atoms with E-state index < -0.39 is 0 Å². The van der Waals surface area contributed by atoms with Gasteiger partial charge in [0.1, 0.15) is 11.5 Å². The number of likely N-dealkylation sites (tertiary alicyclic amines) is 1. The van der Waals surface area contributed by atoms with Crippen LogP contribution in [0.25, 0.3) is 0 Å². The number of carbonyl (C=O) groups excluding carboxylic acids is 1. The summed E-state index contributed by atoms with van der Waals surface area (Å²) in [6.45, 7) is 6.48. The number of nitrogens with one attached hydrogen (secondary N) is 1. The molecule has 0 unspecified atom stereocenters. The third-order valence-corrected chi connectivity index (χ3v) is 5.95. The Hall–Kier alpha value is -2.24. The summed E-state index contributed by atoms with van der Waals surface area (Å²) in [6, 6.07) is 11.9. The Labute approximate surface area is 177 Å². The van der Waals surface area contributed by atoms with Crippen molar-refractivity contribution in [2.24, 2.45) is 0 Å². The van der Waals surface area contributed by atoms with Crippen molar-refractivity contribution >= 4 is 17.5 Å². The van der Waals surface area contributed by atoms with Crippen LogP contribution in [-0.4, -0.2) is 44.2 Å². The highest BCUT2D eigenvalue weighted by Crippen LogP contribution is 2.27. The zero-order valence-corrected chi connectivity index (χ0v) is 18.1. The number of hydrogen-bond donors (Lipinski definition) is 1. The van der Waals surface area contributed by atoms with E-state index in [1.54, 1.807) is 7.11 Å². The smallest absolute Gasteiger partial charge is 0.258 e. The van der Waals surface area contributed by atoms with Gasteiger partial charge in [0.2, 0.25) is 0 Å². The lowest BCUT2D eigenvalue weighted by molar-refractivity contribution is -0.123. The molecule has 1 heterocycles. The third kappa shape index (κ3) is 5.64. The normalized spacial score (nSPS) is 15.2. The second kappa shape index (κ2) is 9.99. The van der Waals surface area contributed by atoms with E-state index in [-0.39, 0.29) is 18.6 Å². The summed E-state index contributed by atoms with van der Waals surface area (Å²) in [5.41, 5.74) is 3.06. The summed E-state index contributed by atoms with van der Waals surface area (Å²) in [5.74, 6) is 1.36. The van der Waals surface area contributed by atoms with Crippen LogP contribution >= 0.6 is 11.6 Å². The van der Waals surface area contributed by atoms with Crippen LogP contribution in [0.15, 0.2) is 36.4 Å². The fourth-order valence-electron chi connectivity index (χ4n) is 3.74. The number of methoxy groups -OCH3 is 1. The van der Waals surface area contributed by atoms with Crippen LogP contribution in [-0.2, 0) is 4.79 Å². The Balaban J connectivity index is 1.59. The minimum Gasteiger partial charge on any atom is -0.497 e. The van der Waals surface area contributed by atoms with Gasteiger partial charge in [-0.3, -0.25) is 9.69 Å². The quantitative estimate of drug-likeness (QED) is 0.697. The summed E-state index contributed by atoms with van der Waals surface area (Å²) in [5, 5.41) is 3.77. The molecule has 0 radical (unpaired) electrons. The van der Waals surface area contributed by atoms with Gasteiger partial charge in [-0.15, -0.1) is 0 Å². The standard InChI is InChI=1S/C23H29ClN2O3/c1-16-12-20(13-17(2)23(16)24)29-15-22(27)25-14-21(26-10-4-5-11-26)18-6-8-19(28-3)9-7-18/h6-9,12-13,21H,4-5,10-11,14-15H2,1-3H3,(H,25,27)/t21-/m0/s1. The highest BCUT2D eigenvalue weighted by atomic mass is 35.5. The molecule has 2 aromatic rings. The van der Waals surface area contributed by atoms with E-state index in [0.29, 0.717) is 12.3 Å². The zero-order chi connectivity index (χ0) is 20.8. The lowest BCUT2D eigenvalue weighted by Gasteiger charge is -2.28. The van der Waals surface area contributed by atoms with Crippen molar-refractivity contribution in [3.05, 3.63) is 58.1 Å². The summed E-state index contributed by atoms with van der Waals surface area (Å²) in [7, 11) is 1.66. The molecule has 1 saturated heterocycles. The fourth-order valence-corrected chi connectivity index (χ4v) is 3.85.